The summed E-state index contributed by atoms with van der Waals surface area (Å²) in [6.45, 7) is 0. The van der Waals surface area contributed by atoms with E-state index in [0.29, 0.717) is 11.1 Å². The number of benzene rings is 3. The molecule has 0 amide bonds. The van der Waals surface area contributed by atoms with Gasteiger partial charge >= 0.3 is 0 Å². The van der Waals surface area contributed by atoms with E-state index in [4.69, 9.17) is 0 Å². The first-order valence-electron chi connectivity index (χ1n) is 10.2. The molecule has 3 rings (SSSR count). The highest BCUT2D eigenvalue weighted by Crippen LogP contribution is 2.38. The zero-order valence-electron chi connectivity index (χ0n) is 19.1. The molecule has 0 fully saturated rings. The van der Waals surface area contributed by atoms with E-state index in [2.05, 4.69) is 35.2 Å². The van der Waals surface area contributed by atoms with Crippen LogP contribution in [0.3, 0.4) is 0 Å². The number of nitrogens with zero attached hydrogens (tertiary/aromatic N) is 4. The Morgan fingerprint density at radius 2 is 1.16 bits per heavy atom. The third-order valence-corrected chi connectivity index (χ3v) is 5.55. The van der Waals surface area contributed by atoms with Gasteiger partial charge in [-0.15, -0.1) is 0 Å². The van der Waals surface area contributed by atoms with E-state index in [1.165, 1.54) is 0 Å². The van der Waals surface area contributed by atoms with Gasteiger partial charge in [0.25, 0.3) is 0 Å². The lowest BCUT2D eigenvalue weighted by Crippen LogP contribution is -2.28. The summed E-state index contributed by atoms with van der Waals surface area (Å²) < 4.78 is 0. The highest BCUT2D eigenvalue weighted by atomic mass is 16.3. The highest BCUT2D eigenvalue weighted by Gasteiger charge is 2.35. The molecule has 0 heterocycles. The summed E-state index contributed by atoms with van der Waals surface area (Å²) in [6, 6.07) is 23.8. The van der Waals surface area contributed by atoms with Crippen molar-refractivity contribution in [2.24, 2.45) is 0 Å². The molecule has 31 heavy (non-hydrogen) atoms. The first-order chi connectivity index (χ1) is 14.7. The smallest absolute Gasteiger partial charge is 0.204 e. The molecule has 0 radical (unpaired) electrons. The normalized spacial score (nSPS) is 12.6. The van der Waals surface area contributed by atoms with Gasteiger partial charge in [0.2, 0.25) is 5.60 Å². The predicted molar refractivity (Wildman–Crippen MR) is 130 cm³/mol. The fraction of sp³-hybridized carbons (Fsp3) is 0.269. The molecule has 0 spiro atoms. The Hall–Kier alpha value is -3.49. The minimum atomic E-state index is -1.77. The lowest BCUT2D eigenvalue weighted by molar-refractivity contribution is 0.143. The fourth-order valence-corrected chi connectivity index (χ4v) is 3.63. The van der Waals surface area contributed by atoms with E-state index in [9.17, 15) is 10.4 Å². The standard InChI is InChI=1S/C26H30N4O/c1-28(2)22-12-7-19(8-13-22)20-9-16-25(30(5)6)24(17-20)26(31,18-27)21-10-14-23(15-11-21)29(3)4/h7-17,31H,1-6H3. The van der Waals surface area contributed by atoms with Crippen LogP contribution in [0.5, 0.6) is 0 Å². The van der Waals surface area contributed by atoms with Gasteiger partial charge in [0.15, 0.2) is 0 Å². The van der Waals surface area contributed by atoms with E-state index >= 15 is 0 Å². The Morgan fingerprint density at radius 3 is 1.61 bits per heavy atom. The second-order valence-corrected chi connectivity index (χ2v) is 8.33. The van der Waals surface area contributed by atoms with Crippen LogP contribution in [-0.4, -0.2) is 47.4 Å². The second kappa shape index (κ2) is 8.71. The molecule has 0 saturated carbocycles. The van der Waals surface area contributed by atoms with Gasteiger partial charge in [-0.05, 0) is 47.5 Å². The Bertz CT molecular complexity index is 1080. The summed E-state index contributed by atoms with van der Waals surface area (Å²) in [6.07, 6.45) is 0. The molecule has 1 unspecified atom stereocenters. The third kappa shape index (κ3) is 4.35. The molecule has 0 aliphatic heterocycles. The first-order valence-corrected chi connectivity index (χ1v) is 10.2. The van der Waals surface area contributed by atoms with E-state index in [1.807, 2.05) is 94.6 Å². The highest BCUT2D eigenvalue weighted by molar-refractivity contribution is 5.73. The predicted octanol–water partition coefficient (Wildman–Crippen LogP) is 4.31. The van der Waals surface area contributed by atoms with E-state index < -0.39 is 5.60 Å². The zero-order chi connectivity index (χ0) is 22.8. The molecule has 5 heteroatoms. The molecule has 0 saturated heterocycles. The minimum Gasteiger partial charge on any atom is -0.378 e. The molecule has 3 aromatic carbocycles. The monoisotopic (exact) mass is 414 g/mol. The number of rotatable bonds is 6. The molecule has 0 aliphatic rings. The summed E-state index contributed by atoms with van der Waals surface area (Å²) >= 11 is 0. The third-order valence-electron chi connectivity index (χ3n) is 5.55. The van der Waals surface area contributed by atoms with Crippen molar-refractivity contribution >= 4 is 17.1 Å². The van der Waals surface area contributed by atoms with Crippen molar-refractivity contribution in [1.82, 2.24) is 0 Å². The van der Waals surface area contributed by atoms with Crippen molar-refractivity contribution in [3.05, 3.63) is 77.9 Å². The van der Waals surface area contributed by atoms with Gasteiger partial charge < -0.3 is 19.8 Å². The molecule has 3 aromatic rings. The Kier molecular flexibility index (Phi) is 6.24. The fourth-order valence-electron chi connectivity index (χ4n) is 3.63. The Labute approximate surface area is 185 Å². The molecule has 160 valence electrons. The van der Waals surface area contributed by atoms with Gasteiger partial charge in [-0.3, -0.25) is 0 Å². The van der Waals surface area contributed by atoms with Gasteiger partial charge in [-0.1, -0.05) is 30.3 Å². The number of hydrogen-bond donors (Lipinski definition) is 1. The van der Waals surface area contributed by atoms with Crippen LogP contribution in [0.25, 0.3) is 11.1 Å². The summed E-state index contributed by atoms with van der Waals surface area (Å²) in [7, 11) is 11.8. The number of aliphatic hydroxyl groups is 1. The van der Waals surface area contributed by atoms with Crippen LogP contribution >= 0.6 is 0 Å². The molecule has 5 nitrogen and oxygen atoms in total. The van der Waals surface area contributed by atoms with Gasteiger partial charge in [0.1, 0.15) is 6.07 Å². The number of nitriles is 1. The molecule has 0 aromatic heterocycles. The largest absolute Gasteiger partial charge is 0.378 e. The van der Waals surface area contributed by atoms with Crippen LogP contribution in [0.15, 0.2) is 66.7 Å². The molecule has 0 aliphatic carbocycles. The zero-order valence-corrected chi connectivity index (χ0v) is 19.1. The van der Waals surface area contributed by atoms with Crippen molar-refractivity contribution < 1.29 is 5.11 Å². The van der Waals surface area contributed by atoms with Gasteiger partial charge in [0, 0.05) is 70.5 Å². The van der Waals surface area contributed by atoms with Crippen LogP contribution in [0, 0.1) is 11.3 Å². The lowest BCUT2D eigenvalue weighted by atomic mass is 9.84. The van der Waals surface area contributed by atoms with E-state index in [1.54, 1.807) is 0 Å². The lowest BCUT2D eigenvalue weighted by Gasteiger charge is -2.28. The van der Waals surface area contributed by atoms with Crippen LogP contribution < -0.4 is 14.7 Å². The number of anilines is 3. The topological polar surface area (TPSA) is 53.7 Å². The summed E-state index contributed by atoms with van der Waals surface area (Å²) in [4.78, 5) is 5.96. The van der Waals surface area contributed by atoms with Crippen molar-refractivity contribution in [3.63, 3.8) is 0 Å². The number of hydrogen-bond acceptors (Lipinski definition) is 5. The van der Waals surface area contributed by atoms with Gasteiger partial charge in [-0.2, -0.15) is 5.26 Å². The van der Waals surface area contributed by atoms with Crippen LogP contribution in [-0.2, 0) is 5.60 Å². The second-order valence-electron chi connectivity index (χ2n) is 8.33. The average Bonchev–Trinajstić information content (AvgIpc) is 2.78. The summed E-state index contributed by atoms with van der Waals surface area (Å²) in [5, 5.41) is 21.7. The van der Waals surface area contributed by atoms with Gasteiger partial charge in [-0.25, -0.2) is 0 Å². The van der Waals surface area contributed by atoms with Crippen molar-refractivity contribution in [2.75, 3.05) is 57.0 Å². The van der Waals surface area contributed by atoms with Gasteiger partial charge in [0.05, 0.1) is 0 Å². The maximum atomic E-state index is 11.6. The van der Waals surface area contributed by atoms with E-state index in [0.717, 1.165) is 28.2 Å². The van der Waals surface area contributed by atoms with Crippen molar-refractivity contribution in [3.8, 4) is 17.2 Å². The maximum Gasteiger partial charge on any atom is 0.204 e. The van der Waals surface area contributed by atoms with Crippen molar-refractivity contribution in [2.45, 2.75) is 5.60 Å². The molecular weight excluding hydrogens is 384 g/mol. The summed E-state index contributed by atoms with van der Waals surface area (Å²) in [5.41, 5.74) is 4.23. The minimum absolute atomic E-state index is 0.545. The summed E-state index contributed by atoms with van der Waals surface area (Å²) in [5.74, 6) is 0. The SMILES string of the molecule is CN(C)c1ccc(-c2ccc(N(C)C)c(C(O)(C#N)c3ccc(N(C)C)cc3)c2)cc1. The first kappa shape index (κ1) is 22.2. The Morgan fingerprint density at radius 1 is 0.677 bits per heavy atom. The Balaban J connectivity index is 2.14. The molecule has 1 N–H and O–H groups in total. The maximum absolute atomic E-state index is 11.6. The van der Waals surface area contributed by atoms with Crippen LogP contribution in [0.1, 0.15) is 11.1 Å². The van der Waals surface area contributed by atoms with E-state index in [-0.39, 0.29) is 0 Å². The molecular formula is C26H30N4O. The van der Waals surface area contributed by atoms with Crippen LogP contribution in [0.4, 0.5) is 17.1 Å². The van der Waals surface area contributed by atoms with Crippen molar-refractivity contribution in [1.29, 1.82) is 5.26 Å². The van der Waals surface area contributed by atoms with Crippen LogP contribution in [0.2, 0.25) is 0 Å². The quantitative estimate of drug-likeness (QED) is 0.609. The average molecular weight is 415 g/mol. The molecule has 1 atom stereocenters. The molecule has 0 bridgehead atoms.